The van der Waals surface area contributed by atoms with Gasteiger partial charge < -0.3 is 28.2 Å². The quantitative estimate of drug-likeness (QED) is 0.411. The third-order valence-electron chi connectivity index (χ3n) is 5.17. The Morgan fingerprint density at radius 3 is 2.26 bits per heavy atom. The zero-order valence-corrected chi connectivity index (χ0v) is 19.3. The maximum absolute atomic E-state index is 13.9. The van der Waals surface area contributed by atoms with Crippen LogP contribution in [0.1, 0.15) is 10.4 Å². The van der Waals surface area contributed by atoms with Crippen molar-refractivity contribution in [1.29, 1.82) is 0 Å². The number of benzene rings is 4. The Bertz CT molecular complexity index is 1330. The summed E-state index contributed by atoms with van der Waals surface area (Å²) in [6.45, 7) is 0.849. The van der Waals surface area contributed by atoms with Gasteiger partial charge >= 0.3 is 0 Å². The lowest BCUT2D eigenvalue weighted by atomic mass is 10.0. The van der Waals surface area contributed by atoms with Gasteiger partial charge in [-0.25, -0.2) is 13.2 Å². The van der Waals surface area contributed by atoms with Gasteiger partial charge in [-0.1, -0.05) is 30.3 Å². The van der Waals surface area contributed by atoms with E-state index in [1.54, 1.807) is 48.5 Å². The summed E-state index contributed by atoms with van der Waals surface area (Å²) in [6, 6.07) is 21.6. The number of hydrogen-bond acceptors (Lipinski definition) is 2. The molecule has 0 fully saturated rings. The van der Waals surface area contributed by atoms with Crippen molar-refractivity contribution in [3.05, 3.63) is 108 Å². The molecule has 0 heterocycles. The van der Waals surface area contributed by atoms with E-state index >= 15 is 0 Å². The van der Waals surface area contributed by atoms with Crippen LogP contribution in [0.4, 0.5) is 18.9 Å². The molecule has 0 radical (unpaired) electrons. The van der Waals surface area contributed by atoms with Gasteiger partial charge in [-0.3, -0.25) is 4.79 Å². The third-order valence-corrected chi connectivity index (χ3v) is 5.17. The summed E-state index contributed by atoms with van der Waals surface area (Å²) in [5.41, 5.74) is 7.07. The first-order valence-corrected chi connectivity index (χ1v) is 10.6. The maximum atomic E-state index is 13.9. The second-order valence-electron chi connectivity index (χ2n) is 7.58. The number of halogens is 4. The topological polar surface area (TPSA) is 66.0 Å². The Hall–Kier alpha value is -3.81. The zero-order chi connectivity index (χ0) is 24.1. The van der Waals surface area contributed by atoms with Crippen molar-refractivity contribution in [2.24, 2.45) is 0 Å². The Morgan fingerprint density at radius 2 is 1.54 bits per heavy atom. The van der Waals surface area contributed by atoms with Crippen LogP contribution in [0.2, 0.25) is 0 Å². The highest BCUT2D eigenvalue weighted by molar-refractivity contribution is 6.05. The highest BCUT2D eigenvalue weighted by Crippen LogP contribution is 2.32. The summed E-state index contributed by atoms with van der Waals surface area (Å²) < 4.78 is 46.2. The Labute approximate surface area is 207 Å². The van der Waals surface area contributed by atoms with E-state index in [2.05, 4.69) is 11.1 Å². The molecule has 0 aliphatic carbocycles. The predicted molar refractivity (Wildman–Crippen MR) is 125 cm³/mol. The summed E-state index contributed by atoms with van der Waals surface area (Å²) in [5.74, 6) is -2.23. The molecule has 0 spiro atoms. The number of quaternary nitrogens is 1. The standard InChI is InChI=1S/C27H21F3N2O2.ClH/c28-21-8-4-17(5-9-21)18-2-1-3-22(14-18)32-27(33)20-7-11-26(34-13-12-31)23(15-20)19-6-10-24(29)25(30)16-19;/h1-11,14-16H,12-13,31H2,(H,32,33);1H. The SMILES string of the molecule is [Cl-].[NH3+]CCOc1ccc(C(=O)Nc2cccc(-c3ccc(F)cc3)c2)cc1-c1ccc(F)c(F)c1. The molecule has 4 N–H and O–H groups in total. The average molecular weight is 499 g/mol. The molecule has 1 amide bonds. The van der Waals surface area contributed by atoms with Gasteiger partial charge in [-0.05, 0) is 71.3 Å². The second kappa shape index (κ2) is 11.6. The highest BCUT2D eigenvalue weighted by atomic mass is 35.5. The lowest BCUT2D eigenvalue weighted by Gasteiger charge is -2.13. The van der Waals surface area contributed by atoms with Crippen molar-refractivity contribution in [2.45, 2.75) is 0 Å². The van der Waals surface area contributed by atoms with Crippen LogP contribution < -0.4 is 28.2 Å². The minimum absolute atomic E-state index is 0. The molecular weight excluding hydrogens is 477 g/mol. The molecule has 180 valence electrons. The van der Waals surface area contributed by atoms with Crippen LogP contribution in [0, 0.1) is 17.5 Å². The van der Waals surface area contributed by atoms with Gasteiger partial charge in [0.1, 0.15) is 24.7 Å². The van der Waals surface area contributed by atoms with Crippen molar-refractivity contribution in [3.63, 3.8) is 0 Å². The molecular formula is C27H22ClF3N2O2. The van der Waals surface area contributed by atoms with E-state index in [9.17, 15) is 18.0 Å². The molecule has 0 aliphatic rings. The number of ether oxygens (including phenoxy) is 1. The lowest BCUT2D eigenvalue weighted by Crippen LogP contribution is -3.00. The Balaban J connectivity index is 0.00000342. The molecule has 0 aliphatic heterocycles. The number of anilines is 1. The van der Waals surface area contributed by atoms with Crippen molar-refractivity contribution in [1.82, 2.24) is 0 Å². The Kier molecular flexibility index (Phi) is 8.52. The maximum Gasteiger partial charge on any atom is 0.255 e. The smallest absolute Gasteiger partial charge is 0.255 e. The molecule has 4 nitrogen and oxygen atoms in total. The molecule has 0 saturated carbocycles. The molecule has 0 atom stereocenters. The van der Waals surface area contributed by atoms with E-state index in [0.717, 1.165) is 23.3 Å². The molecule has 0 unspecified atom stereocenters. The van der Waals surface area contributed by atoms with Gasteiger partial charge in [0.25, 0.3) is 5.91 Å². The van der Waals surface area contributed by atoms with E-state index in [-0.39, 0.29) is 24.1 Å². The van der Waals surface area contributed by atoms with E-state index in [0.29, 0.717) is 41.3 Å². The van der Waals surface area contributed by atoms with Gasteiger partial charge in [0.15, 0.2) is 11.6 Å². The van der Waals surface area contributed by atoms with E-state index in [4.69, 9.17) is 4.74 Å². The number of carbonyl (C=O) groups excluding carboxylic acids is 1. The minimum Gasteiger partial charge on any atom is -1.00 e. The summed E-state index contributed by atoms with van der Waals surface area (Å²) >= 11 is 0. The minimum atomic E-state index is -0.993. The van der Waals surface area contributed by atoms with Crippen molar-refractivity contribution < 1.29 is 40.8 Å². The largest absolute Gasteiger partial charge is 1.00 e. The van der Waals surface area contributed by atoms with Gasteiger partial charge in [-0.2, -0.15) is 0 Å². The number of hydrogen-bond donors (Lipinski definition) is 2. The van der Waals surface area contributed by atoms with Crippen LogP contribution in [0.5, 0.6) is 5.75 Å². The fourth-order valence-corrected chi connectivity index (χ4v) is 3.49. The molecule has 4 rings (SSSR count). The Morgan fingerprint density at radius 1 is 0.800 bits per heavy atom. The monoisotopic (exact) mass is 498 g/mol. The highest BCUT2D eigenvalue weighted by Gasteiger charge is 2.15. The summed E-state index contributed by atoms with van der Waals surface area (Å²) in [6.07, 6.45) is 0. The number of amides is 1. The molecule has 4 aromatic rings. The van der Waals surface area contributed by atoms with E-state index < -0.39 is 11.6 Å². The fraction of sp³-hybridized carbons (Fsp3) is 0.0741. The van der Waals surface area contributed by atoms with Crippen molar-refractivity contribution in [2.75, 3.05) is 18.5 Å². The van der Waals surface area contributed by atoms with Crippen molar-refractivity contribution >= 4 is 11.6 Å². The number of rotatable bonds is 7. The fourth-order valence-electron chi connectivity index (χ4n) is 3.49. The molecule has 35 heavy (non-hydrogen) atoms. The van der Waals surface area contributed by atoms with E-state index in [1.165, 1.54) is 18.2 Å². The number of carbonyl (C=O) groups is 1. The van der Waals surface area contributed by atoms with Crippen LogP contribution in [0.15, 0.2) is 84.9 Å². The normalized spacial score (nSPS) is 10.4. The lowest BCUT2D eigenvalue weighted by molar-refractivity contribution is -0.370. The average Bonchev–Trinajstić information content (AvgIpc) is 2.85. The summed E-state index contributed by atoms with van der Waals surface area (Å²) in [4.78, 5) is 13.0. The van der Waals surface area contributed by atoms with Crippen LogP contribution in [0.3, 0.4) is 0 Å². The van der Waals surface area contributed by atoms with E-state index in [1.807, 2.05) is 6.07 Å². The predicted octanol–water partition coefficient (Wildman–Crippen LogP) is 2.31. The van der Waals surface area contributed by atoms with Gasteiger partial charge in [0.05, 0.1) is 0 Å². The van der Waals surface area contributed by atoms with Crippen LogP contribution in [0.25, 0.3) is 22.3 Å². The molecule has 0 saturated heterocycles. The first-order valence-electron chi connectivity index (χ1n) is 10.6. The first kappa shape index (κ1) is 25.8. The molecule has 0 aromatic heterocycles. The number of nitrogens with one attached hydrogen (secondary N) is 1. The van der Waals surface area contributed by atoms with Crippen molar-refractivity contribution in [3.8, 4) is 28.0 Å². The van der Waals surface area contributed by atoms with Gasteiger partial charge in [0.2, 0.25) is 0 Å². The van der Waals surface area contributed by atoms with Gasteiger partial charge in [-0.15, -0.1) is 0 Å². The molecule has 0 bridgehead atoms. The van der Waals surface area contributed by atoms with Gasteiger partial charge in [0, 0.05) is 16.8 Å². The van der Waals surface area contributed by atoms with Crippen LogP contribution in [-0.4, -0.2) is 19.1 Å². The van der Waals surface area contributed by atoms with Crippen LogP contribution in [-0.2, 0) is 0 Å². The summed E-state index contributed by atoms with van der Waals surface area (Å²) in [5, 5.41) is 2.84. The summed E-state index contributed by atoms with van der Waals surface area (Å²) in [7, 11) is 0. The first-order chi connectivity index (χ1) is 16.4. The molecule has 4 aromatic carbocycles. The second-order valence-corrected chi connectivity index (χ2v) is 7.58. The van der Waals surface area contributed by atoms with Crippen LogP contribution >= 0.6 is 0 Å². The zero-order valence-electron chi connectivity index (χ0n) is 18.5. The molecule has 8 heteroatoms. The third kappa shape index (κ3) is 6.20.